The summed E-state index contributed by atoms with van der Waals surface area (Å²) in [6, 6.07) is 4.67. The minimum atomic E-state index is -0.179. The first-order valence-corrected chi connectivity index (χ1v) is 7.38. The number of imidazole rings is 1. The Morgan fingerprint density at radius 2 is 2.32 bits per heavy atom. The summed E-state index contributed by atoms with van der Waals surface area (Å²) in [5.41, 5.74) is 0.291. The summed E-state index contributed by atoms with van der Waals surface area (Å²) >= 11 is 0. The molecule has 1 aromatic carbocycles. The number of hydrogen-bond donors (Lipinski definition) is 2. The molecular weight excluding hydrogens is 282 g/mol. The van der Waals surface area contributed by atoms with Gasteiger partial charge < -0.3 is 19.7 Å². The van der Waals surface area contributed by atoms with Crippen molar-refractivity contribution in [3.05, 3.63) is 42.0 Å². The summed E-state index contributed by atoms with van der Waals surface area (Å²) in [6.45, 7) is 0.662. The largest absolute Gasteiger partial charge is 0.507 e. The lowest BCUT2D eigenvalue weighted by Crippen LogP contribution is -2.39. The Morgan fingerprint density at radius 1 is 1.45 bits per heavy atom. The number of aromatic hydroxyl groups is 1. The molecule has 116 valence electrons. The van der Waals surface area contributed by atoms with Crippen molar-refractivity contribution in [2.75, 3.05) is 13.7 Å². The maximum atomic E-state index is 12.8. The van der Waals surface area contributed by atoms with Crippen molar-refractivity contribution in [2.45, 2.75) is 25.3 Å². The summed E-state index contributed by atoms with van der Waals surface area (Å²) in [7, 11) is 1.52. The van der Waals surface area contributed by atoms with Crippen LogP contribution in [0.1, 0.15) is 41.5 Å². The van der Waals surface area contributed by atoms with Crippen LogP contribution in [0.4, 0.5) is 0 Å². The zero-order chi connectivity index (χ0) is 15.5. The number of carbonyl (C=O) groups excluding carboxylic acids is 1. The number of carbonyl (C=O) groups is 1. The molecular formula is C16H19N3O3. The first kappa shape index (κ1) is 14.4. The molecule has 1 amide bonds. The van der Waals surface area contributed by atoms with Crippen molar-refractivity contribution in [3.8, 4) is 11.5 Å². The van der Waals surface area contributed by atoms with E-state index >= 15 is 0 Å². The Balaban J connectivity index is 1.89. The molecule has 6 heteroatoms. The van der Waals surface area contributed by atoms with E-state index in [0.29, 0.717) is 17.9 Å². The van der Waals surface area contributed by atoms with E-state index in [4.69, 9.17) is 4.74 Å². The average molecular weight is 301 g/mol. The maximum Gasteiger partial charge on any atom is 0.258 e. The number of nitrogens with zero attached hydrogens (tertiary/aromatic N) is 2. The minimum absolute atomic E-state index is 0.0619. The lowest BCUT2D eigenvalue weighted by molar-refractivity contribution is 0.0598. The summed E-state index contributed by atoms with van der Waals surface area (Å²) in [5.74, 6) is 1.07. The fourth-order valence-corrected chi connectivity index (χ4v) is 2.89. The molecule has 1 fully saturated rings. The Morgan fingerprint density at radius 3 is 3.00 bits per heavy atom. The molecule has 1 aliphatic heterocycles. The van der Waals surface area contributed by atoms with Crippen molar-refractivity contribution in [1.29, 1.82) is 0 Å². The van der Waals surface area contributed by atoms with E-state index in [1.165, 1.54) is 13.2 Å². The average Bonchev–Trinajstić information content (AvgIpc) is 3.08. The Labute approximate surface area is 128 Å². The monoisotopic (exact) mass is 301 g/mol. The standard InChI is InChI=1S/C16H19N3O3/c1-22-11-5-6-12(14(20)10-11)16(21)19-9-3-2-4-13(19)15-17-7-8-18-15/h5-8,10,13,20H,2-4,9H2,1H3,(H,17,18). The molecule has 1 unspecified atom stereocenters. The van der Waals surface area contributed by atoms with E-state index in [2.05, 4.69) is 9.97 Å². The fourth-order valence-electron chi connectivity index (χ4n) is 2.89. The van der Waals surface area contributed by atoms with Crippen molar-refractivity contribution in [2.24, 2.45) is 0 Å². The molecule has 0 radical (unpaired) electrons. The van der Waals surface area contributed by atoms with E-state index in [9.17, 15) is 9.90 Å². The highest BCUT2D eigenvalue weighted by atomic mass is 16.5. The van der Waals surface area contributed by atoms with Gasteiger partial charge in [0.1, 0.15) is 17.3 Å². The quantitative estimate of drug-likeness (QED) is 0.913. The van der Waals surface area contributed by atoms with Gasteiger partial charge in [-0.25, -0.2) is 4.98 Å². The summed E-state index contributed by atoms with van der Waals surface area (Å²) in [6.07, 6.45) is 6.34. The van der Waals surface area contributed by atoms with Gasteiger partial charge in [0.15, 0.2) is 0 Å². The number of likely N-dealkylation sites (tertiary alicyclic amines) is 1. The van der Waals surface area contributed by atoms with Gasteiger partial charge in [-0.1, -0.05) is 0 Å². The van der Waals surface area contributed by atoms with Crippen molar-refractivity contribution in [3.63, 3.8) is 0 Å². The Bertz CT molecular complexity index is 655. The minimum Gasteiger partial charge on any atom is -0.507 e. The molecule has 1 aliphatic rings. The molecule has 3 rings (SSSR count). The molecule has 0 bridgehead atoms. The molecule has 0 spiro atoms. The van der Waals surface area contributed by atoms with Gasteiger partial charge in [0.05, 0.1) is 18.7 Å². The molecule has 0 saturated carbocycles. The second-order valence-electron chi connectivity index (χ2n) is 5.37. The van der Waals surface area contributed by atoms with E-state index < -0.39 is 0 Å². The number of nitrogens with one attached hydrogen (secondary N) is 1. The highest BCUT2D eigenvalue weighted by molar-refractivity contribution is 5.97. The molecule has 2 heterocycles. The lowest BCUT2D eigenvalue weighted by atomic mass is 10.00. The zero-order valence-electron chi connectivity index (χ0n) is 12.5. The van der Waals surface area contributed by atoms with Crippen LogP contribution in [-0.2, 0) is 0 Å². The predicted molar refractivity (Wildman–Crippen MR) is 80.9 cm³/mol. The third kappa shape index (κ3) is 2.64. The Hall–Kier alpha value is -2.50. The van der Waals surface area contributed by atoms with Gasteiger partial charge in [0, 0.05) is 25.0 Å². The van der Waals surface area contributed by atoms with Gasteiger partial charge in [-0.15, -0.1) is 0 Å². The number of H-pyrrole nitrogens is 1. The highest BCUT2D eigenvalue weighted by Gasteiger charge is 2.31. The van der Waals surface area contributed by atoms with Crippen LogP contribution in [0.2, 0.25) is 0 Å². The SMILES string of the molecule is COc1ccc(C(=O)N2CCCCC2c2ncc[nH]2)c(O)c1. The topological polar surface area (TPSA) is 78.5 Å². The van der Waals surface area contributed by atoms with E-state index in [1.807, 2.05) is 0 Å². The number of aromatic nitrogens is 2. The van der Waals surface area contributed by atoms with Crippen LogP contribution in [0, 0.1) is 0 Å². The number of phenolic OH excluding ortho intramolecular Hbond substituents is 1. The molecule has 2 aromatic rings. The van der Waals surface area contributed by atoms with Gasteiger partial charge in [-0.3, -0.25) is 4.79 Å². The van der Waals surface area contributed by atoms with Crippen LogP contribution in [-0.4, -0.2) is 39.5 Å². The second-order valence-corrected chi connectivity index (χ2v) is 5.37. The number of phenols is 1. The number of piperidine rings is 1. The van der Waals surface area contributed by atoms with Gasteiger partial charge in [-0.2, -0.15) is 0 Å². The second kappa shape index (κ2) is 6.09. The van der Waals surface area contributed by atoms with Gasteiger partial charge >= 0.3 is 0 Å². The number of rotatable bonds is 3. The van der Waals surface area contributed by atoms with Crippen molar-refractivity contribution < 1.29 is 14.6 Å². The molecule has 2 N–H and O–H groups in total. The van der Waals surface area contributed by atoms with Crippen LogP contribution < -0.4 is 4.74 Å². The summed E-state index contributed by atoms with van der Waals surface area (Å²) in [5, 5.41) is 10.1. The van der Waals surface area contributed by atoms with Crippen LogP contribution in [0.25, 0.3) is 0 Å². The maximum absolute atomic E-state index is 12.8. The number of ether oxygens (including phenoxy) is 1. The van der Waals surface area contributed by atoms with E-state index in [0.717, 1.165) is 25.1 Å². The normalized spacial score (nSPS) is 18.2. The fraction of sp³-hybridized carbons (Fsp3) is 0.375. The third-order valence-corrected chi connectivity index (χ3v) is 4.03. The van der Waals surface area contributed by atoms with Crippen LogP contribution >= 0.6 is 0 Å². The molecule has 1 atom stereocenters. The summed E-state index contributed by atoms with van der Waals surface area (Å²) < 4.78 is 5.06. The first-order valence-electron chi connectivity index (χ1n) is 7.38. The lowest BCUT2D eigenvalue weighted by Gasteiger charge is -2.34. The van der Waals surface area contributed by atoms with Crippen LogP contribution in [0.15, 0.2) is 30.6 Å². The number of hydrogen-bond acceptors (Lipinski definition) is 4. The summed E-state index contributed by atoms with van der Waals surface area (Å²) in [4.78, 5) is 22.0. The Kier molecular flexibility index (Phi) is 4.00. The smallest absolute Gasteiger partial charge is 0.258 e. The van der Waals surface area contributed by atoms with Crippen LogP contribution in [0.5, 0.6) is 11.5 Å². The van der Waals surface area contributed by atoms with Crippen molar-refractivity contribution >= 4 is 5.91 Å². The predicted octanol–water partition coefficient (Wildman–Crippen LogP) is 2.49. The number of amides is 1. The number of aromatic amines is 1. The van der Waals surface area contributed by atoms with Crippen molar-refractivity contribution in [1.82, 2.24) is 14.9 Å². The highest BCUT2D eigenvalue weighted by Crippen LogP contribution is 2.32. The number of methoxy groups -OCH3 is 1. The van der Waals surface area contributed by atoms with Gasteiger partial charge in [-0.05, 0) is 31.4 Å². The molecule has 6 nitrogen and oxygen atoms in total. The molecule has 0 aliphatic carbocycles. The van der Waals surface area contributed by atoms with E-state index in [-0.39, 0.29) is 17.7 Å². The third-order valence-electron chi connectivity index (χ3n) is 4.03. The molecule has 22 heavy (non-hydrogen) atoms. The zero-order valence-corrected chi connectivity index (χ0v) is 12.5. The van der Waals surface area contributed by atoms with Crippen LogP contribution in [0.3, 0.4) is 0 Å². The molecule has 1 aromatic heterocycles. The number of benzene rings is 1. The van der Waals surface area contributed by atoms with E-state index in [1.54, 1.807) is 29.4 Å². The molecule has 1 saturated heterocycles. The van der Waals surface area contributed by atoms with Gasteiger partial charge in [0.2, 0.25) is 0 Å². The van der Waals surface area contributed by atoms with Gasteiger partial charge in [0.25, 0.3) is 5.91 Å². The first-order chi connectivity index (χ1) is 10.7.